The normalized spacial score (nSPS) is 12.7. The number of hydrogen-bond acceptors (Lipinski definition) is 5. The van der Waals surface area contributed by atoms with Crippen LogP contribution in [0.5, 0.6) is 0 Å². The number of nitrogens with zero attached hydrogens (tertiary/aromatic N) is 3. The van der Waals surface area contributed by atoms with Crippen LogP contribution in [-0.4, -0.2) is 31.7 Å². The molecule has 1 atom stereocenters. The average molecular weight is 368 g/mol. The van der Waals surface area contributed by atoms with Gasteiger partial charge in [0, 0.05) is 6.54 Å². The fraction of sp³-hybridized carbons (Fsp3) is 0.368. The van der Waals surface area contributed by atoms with Crippen LogP contribution in [0.25, 0.3) is 11.0 Å². The summed E-state index contributed by atoms with van der Waals surface area (Å²) in [5, 5.41) is 10.5. The molecule has 0 aliphatic carbocycles. The Bertz CT molecular complexity index is 1000. The Balaban J connectivity index is 1.75. The molecule has 0 saturated carbocycles. The maximum atomic E-state index is 12.3. The Morgan fingerprint density at radius 2 is 1.96 bits per heavy atom. The van der Waals surface area contributed by atoms with E-state index in [0.717, 1.165) is 5.56 Å². The molecular formula is C19H24N6O2. The van der Waals surface area contributed by atoms with E-state index >= 15 is 0 Å². The molecule has 3 aromatic rings. The monoisotopic (exact) mass is 368 g/mol. The van der Waals surface area contributed by atoms with Gasteiger partial charge in [-0.2, -0.15) is 10.1 Å². The minimum absolute atomic E-state index is 0.189. The van der Waals surface area contributed by atoms with Crippen LogP contribution in [0, 0.1) is 0 Å². The van der Waals surface area contributed by atoms with E-state index in [1.807, 2.05) is 51.1 Å². The van der Waals surface area contributed by atoms with Gasteiger partial charge in [-0.3, -0.25) is 14.6 Å². The molecule has 2 aromatic heterocycles. The molecule has 1 amide bonds. The summed E-state index contributed by atoms with van der Waals surface area (Å²) >= 11 is 0. The van der Waals surface area contributed by atoms with Crippen molar-refractivity contribution in [1.82, 2.24) is 25.1 Å². The van der Waals surface area contributed by atoms with Gasteiger partial charge >= 0.3 is 0 Å². The Hall–Kier alpha value is -3.16. The lowest BCUT2D eigenvalue weighted by atomic mass is 10.1. The minimum atomic E-state index is -0.569. The highest BCUT2D eigenvalue weighted by Crippen LogP contribution is 2.18. The molecule has 1 unspecified atom stereocenters. The molecule has 142 valence electrons. The van der Waals surface area contributed by atoms with Crippen LogP contribution in [0.2, 0.25) is 0 Å². The molecule has 0 bridgehead atoms. The van der Waals surface area contributed by atoms with E-state index in [1.165, 1.54) is 6.20 Å². The average Bonchev–Trinajstić information content (AvgIpc) is 3.05. The zero-order valence-corrected chi connectivity index (χ0v) is 15.9. The summed E-state index contributed by atoms with van der Waals surface area (Å²) in [5.74, 6) is 0.0480. The maximum absolute atomic E-state index is 12.3. The second-order valence-corrected chi connectivity index (χ2v) is 7.45. The molecule has 8 nitrogen and oxygen atoms in total. The third-order valence-corrected chi connectivity index (χ3v) is 4.13. The summed E-state index contributed by atoms with van der Waals surface area (Å²) in [6, 6.07) is 9.09. The van der Waals surface area contributed by atoms with Crippen molar-refractivity contribution >= 4 is 22.9 Å². The standard InChI is InChI=1S/C19H24N6O2/c1-12(16(26)20-10-13-8-6-5-7-9-13)22-18-23-15-14(17(27)24-18)11-21-25(15)19(2,3)4/h5-9,11-12H,10H2,1-4H3,(H,20,26)(H2,22,23,24,27). The van der Waals surface area contributed by atoms with Crippen LogP contribution in [0.4, 0.5) is 5.95 Å². The summed E-state index contributed by atoms with van der Waals surface area (Å²) in [5.41, 5.74) is 0.874. The maximum Gasteiger partial charge on any atom is 0.263 e. The first-order valence-electron chi connectivity index (χ1n) is 8.82. The highest BCUT2D eigenvalue weighted by molar-refractivity contribution is 5.84. The van der Waals surface area contributed by atoms with Crippen molar-refractivity contribution in [3.63, 3.8) is 0 Å². The number of benzene rings is 1. The van der Waals surface area contributed by atoms with Crippen LogP contribution < -0.4 is 16.2 Å². The Kier molecular flexibility index (Phi) is 4.98. The Morgan fingerprint density at radius 1 is 1.26 bits per heavy atom. The topological polar surface area (TPSA) is 105 Å². The molecule has 0 aliphatic heterocycles. The van der Waals surface area contributed by atoms with E-state index in [4.69, 9.17) is 0 Å². The molecule has 8 heteroatoms. The number of anilines is 1. The number of nitrogens with one attached hydrogen (secondary N) is 3. The largest absolute Gasteiger partial charge is 0.350 e. The number of aromatic nitrogens is 4. The van der Waals surface area contributed by atoms with Crippen molar-refractivity contribution in [2.75, 3.05) is 5.32 Å². The number of H-pyrrole nitrogens is 1. The van der Waals surface area contributed by atoms with Crippen molar-refractivity contribution in [1.29, 1.82) is 0 Å². The number of aromatic amines is 1. The Morgan fingerprint density at radius 3 is 2.63 bits per heavy atom. The third kappa shape index (κ3) is 4.16. The van der Waals surface area contributed by atoms with Gasteiger partial charge < -0.3 is 10.6 Å². The van der Waals surface area contributed by atoms with Crippen molar-refractivity contribution < 1.29 is 4.79 Å². The van der Waals surface area contributed by atoms with Gasteiger partial charge in [-0.15, -0.1) is 0 Å². The number of carbonyl (C=O) groups excluding carboxylic acids is 1. The summed E-state index contributed by atoms with van der Waals surface area (Å²) in [7, 11) is 0. The van der Waals surface area contributed by atoms with Crippen molar-refractivity contribution in [2.45, 2.75) is 45.8 Å². The smallest absolute Gasteiger partial charge is 0.263 e. The minimum Gasteiger partial charge on any atom is -0.350 e. The molecule has 0 fully saturated rings. The first-order chi connectivity index (χ1) is 12.8. The number of amides is 1. The molecule has 3 N–H and O–H groups in total. The lowest BCUT2D eigenvalue weighted by Crippen LogP contribution is -2.38. The molecule has 3 rings (SSSR count). The van der Waals surface area contributed by atoms with E-state index in [9.17, 15) is 9.59 Å². The first-order valence-corrected chi connectivity index (χ1v) is 8.82. The van der Waals surface area contributed by atoms with Crippen molar-refractivity contribution in [3.8, 4) is 0 Å². The molecule has 1 aromatic carbocycles. The van der Waals surface area contributed by atoms with Gasteiger partial charge in [-0.1, -0.05) is 30.3 Å². The summed E-state index contributed by atoms with van der Waals surface area (Å²) in [6.07, 6.45) is 1.51. The fourth-order valence-electron chi connectivity index (χ4n) is 2.69. The highest BCUT2D eigenvalue weighted by Gasteiger charge is 2.21. The molecule has 0 aliphatic rings. The summed E-state index contributed by atoms with van der Waals surface area (Å²) in [4.78, 5) is 31.8. The van der Waals surface area contributed by atoms with Crippen molar-refractivity contribution in [2.24, 2.45) is 0 Å². The van der Waals surface area contributed by atoms with E-state index in [0.29, 0.717) is 17.6 Å². The molecule has 2 heterocycles. The van der Waals surface area contributed by atoms with Gasteiger partial charge in [-0.25, -0.2) is 4.68 Å². The van der Waals surface area contributed by atoms with Crippen LogP contribution in [0.1, 0.15) is 33.3 Å². The van der Waals surface area contributed by atoms with Gasteiger partial charge in [0.15, 0.2) is 5.65 Å². The highest BCUT2D eigenvalue weighted by atomic mass is 16.2. The van der Waals surface area contributed by atoms with Crippen LogP contribution in [0.3, 0.4) is 0 Å². The number of carbonyl (C=O) groups is 1. The second-order valence-electron chi connectivity index (χ2n) is 7.45. The van der Waals surface area contributed by atoms with Gasteiger partial charge in [0.1, 0.15) is 11.4 Å². The van der Waals surface area contributed by atoms with E-state index < -0.39 is 6.04 Å². The van der Waals surface area contributed by atoms with Gasteiger partial charge in [0.05, 0.1) is 11.7 Å². The fourth-order valence-corrected chi connectivity index (χ4v) is 2.69. The van der Waals surface area contributed by atoms with E-state index in [2.05, 4.69) is 25.7 Å². The molecule has 0 spiro atoms. The van der Waals surface area contributed by atoms with Gasteiger partial charge in [-0.05, 0) is 33.3 Å². The number of fused-ring (bicyclic) bond motifs is 1. The lowest BCUT2D eigenvalue weighted by Gasteiger charge is -2.20. The van der Waals surface area contributed by atoms with Crippen molar-refractivity contribution in [3.05, 3.63) is 52.4 Å². The van der Waals surface area contributed by atoms with Gasteiger partial charge in [0.2, 0.25) is 11.9 Å². The van der Waals surface area contributed by atoms with E-state index in [-0.39, 0.29) is 23.0 Å². The third-order valence-electron chi connectivity index (χ3n) is 4.13. The molecule has 27 heavy (non-hydrogen) atoms. The van der Waals surface area contributed by atoms with Crippen LogP contribution >= 0.6 is 0 Å². The molecular weight excluding hydrogens is 344 g/mol. The number of rotatable bonds is 5. The predicted octanol–water partition coefficient (Wildman–Crippen LogP) is 1.99. The molecule has 0 radical (unpaired) electrons. The molecule has 0 saturated heterocycles. The predicted molar refractivity (Wildman–Crippen MR) is 105 cm³/mol. The van der Waals surface area contributed by atoms with Crippen LogP contribution in [0.15, 0.2) is 41.3 Å². The van der Waals surface area contributed by atoms with Crippen LogP contribution in [-0.2, 0) is 16.9 Å². The quantitative estimate of drug-likeness (QED) is 0.639. The first kappa shape index (κ1) is 18.6. The second kappa shape index (κ2) is 7.22. The Labute approximate surface area is 157 Å². The van der Waals surface area contributed by atoms with E-state index in [1.54, 1.807) is 11.6 Å². The SMILES string of the molecule is CC(Nc1nc2c(cnn2C(C)(C)C)c(=O)[nH]1)C(=O)NCc1ccccc1. The number of hydrogen-bond donors (Lipinski definition) is 3. The van der Waals surface area contributed by atoms with Gasteiger partial charge in [0.25, 0.3) is 5.56 Å². The summed E-state index contributed by atoms with van der Waals surface area (Å²) < 4.78 is 1.70. The lowest BCUT2D eigenvalue weighted by molar-refractivity contribution is -0.121. The summed E-state index contributed by atoms with van der Waals surface area (Å²) in [6.45, 7) is 8.09. The zero-order valence-electron chi connectivity index (χ0n) is 15.9. The zero-order chi connectivity index (χ0) is 19.6.